The van der Waals surface area contributed by atoms with E-state index in [1.807, 2.05) is 0 Å². The zero-order chi connectivity index (χ0) is 43.0. The van der Waals surface area contributed by atoms with Crippen molar-refractivity contribution in [3.8, 4) is 0 Å². The summed E-state index contributed by atoms with van der Waals surface area (Å²) in [5.41, 5.74) is 12.4. The Morgan fingerprint density at radius 3 is 1.35 bits per heavy atom. The summed E-state index contributed by atoms with van der Waals surface area (Å²) in [6.07, 6.45) is 13.0. The van der Waals surface area contributed by atoms with Crippen molar-refractivity contribution < 1.29 is 14.0 Å². The fraction of sp³-hybridized carbons (Fsp3) is 0.552. The van der Waals surface area contributed by atoms with Crippen molar-refractivity contribution in [2.75, 3.05) is 0 Å². The van der Waals surface area contributed by atoms with E-state index in [-0.39, 0.29) is 44.3 Å². The number of aromatic nitrogens is 1. The van der Waals surface area contributed by atoms with Gasteiger partial charge in [0, 0.05) is 48.9 Å². The molecule has 62 heavy (non-hydrogen) atoms. The van der Waals surface area contributed by atoms with Gasteiger partial charge in [-0.15, -0.1) is 0 Å². The number of fused-ring (bicyclic) bond motifs is 16. The van der Waals surface area contributed by atoms with Crippen LogP contribution in [0.4, 0.5) is 0 Å². The number of benzene rings is 4. The molecule has 3 fully saturated rings. The van der Waals surface area contributed by atoms with Crippen LogP contribution < -0.4 is 0 Å². The highest BCUT2D eigenvalue weighted by Gasteiger charge is 2.57. The number of furan rings is 1. The molecule has 9 aliphatic rings. The first-order valence-electron chi connectivity index (χ1n) is 24.8. The number of rotatable bonds is 4. The second kappa shape index (κ2) is 11.5. The van der Waals surface area contributed by atoms with Gasteiger partial charge in [0.05, 0.1) is 21.9 Å². The normalized spacial score (nSPS) is 32.9. The van der Waals surface area contributed by atoms with Crippen LogP contribution in [0.15, 0.2) is 46.9 Å². The van der Waals surface area contributed by atoms with Crippen LogP contribution in [-0.2, 0) is 21.7 Å². The van der Waals surface area contributed by atoms with E-state index in [1.165, 1.54) is 85.8 Å². The first-order valence-corrected chi connectivity index (χ1v) is 24.8. The summed E-state index contributed by atoms with van der Waals surface area (Å²) in [5, 5.41) is 7.26. The predicted molar refractivity (Wildman–Crippen MR) is 255 cm³/mol. The lowest BCUT2D eigenvalue weighted by atomic mass is 9.52. The molecule has 320 valence electrons. The molecule has 0 unspecified atom stereocenters. The van der Waals surface area contributed by atoms with E-state index >= 15 is 9.59 Å². The molecule has 4 aromatic carbocycles. The molecule has 9 aliphatic carbocycles. The van der Waals surface area contributed by atoms with Gasteiger partial charge in [0.2, 0.25) is 0 Å². The van der Waals surface area contributed by atoms with Crippen molar-refractivity contribution in [3.63, 3.8) is 0 Å². The highest BCUT2D eigenvalue weighted by Crippen LogP contribution is 2.63. The van der Waals surface area contributed by atoms with E-state index < -0.39 is 0 Å². The van der Waals surface area contributed by atoms with Gasteiger partial charge in [0.15, 0.2) is 11.6 Å². The lowest BCUT2D eigenvalue weighted by Gasteiger charge is -2.52. The summed E-state index contributed by atoms with van der Waals surface area (Å²) in [5.74, 6) is 2.08. The van der Waals surface area contributed by atoms with Crippen LogP contribution in [0.2, 0.25) is 0 Å². The SMILES string of the molecule is CC(C)C12CCC(C(C)C)(CC1)c1cc3c4cc5c6cc7c(cc6oc5c5c6cc8c(cc6n(c3cc1C2=O)c45)C(=O)C1(C(C)C)CCC8(C(C)C)CC1)C1(C)CCC7(C)CC1. The summed E-state index contributed by atoms with van der Waals surface area (Å²) < 4.78 is 9.79. The molecule has 7 aromatic rings. The monoisotopic (exact) mass is 823 g/mol. The quantitative estimate of drug-likeness (QED) is 0.178. The van der Waals surface area contributed by atoms with E-state index in [2.05, 4.69) is 116 Å². The van der Waals surface area contributed by atoms with Crippen LogP contribution in [0.5, 0.6) is 0 Å². The molecule has 4 nitrogen and oxygen atoms in total. The Morgan fingerprint density at radius 2 is 0.871 bits per heavy atom. The Balaban J connectivity index is 1.21. The summed E-state index contributed by atoms with van der Waals surface area (Å²) >= 11 is 0. The lowest BCUT2D eigenvalue weighted by molar-refractivity contribution is 0.0470. The van der Waals surface area contributed by atoms with Crippen LogP contribution in [0.1, 0.15) is 189 Å². The number of hydrogen-bond acceptors (Lipinski definition) is 3. The fourth-order valence-electron chi connectivity index (χ4n) is 16.3. The molecule has 4 heteroatoms. The van der Waals surface area contributed by atoms with Crippen LogP contribution in [0.3, 0.4) is 0 Å². The van der Waals surface area contributed by atoms with E-state index in [0.717, 1.165) is 84.7 Å². The second-order valence-electron chi connectivity index (χ2n) is 24.2. The number of carbonyl (C=O) groups excluding carboxylic acids is 2. The Bertz CT molecular complexity index is 3170. The maximum Gasteiger partial charge on any atom is 0.169 e. The Labute approximate surface area is 366 Å². The minimum atomic E-state index is -0.339. The molecular formula is C58H65NO3. The molecule has 3 heterocycles. The third-order valence-corrected chi connectivity index (χ3v) is 21.1. The summed E-state index contributed by atoms with van der Waals surface area (Å²) in [7, 11) is 0. The molecule has 6 bridgehead atoms. The number of carbonyl (C=O) groups is 2. The maximum absolute atomic E-state index is 15.4. The maximum atomic E-state index is 15.4. The average molecular weight is 824 g/mol. The number of ketones is 2. The largest absolute Gasteiger partial charge is 0.455 e. The van der Waals surface area contributed by atoms with E-state index in [1.54, 1.807) is 0 Å². The zero-order valence-electron chi connectivity index (χ0n) is 39.0. The van der Waals surface area contributed by atoms with Crippen LogP contribution in [0, 0.1) is 34.5 Å². The van der Waals surface area contributed by atoms with Crippen LogP contribution in [0.25, 0.3) is 60.0 Å². The van der Waals surface area contributed by atoms with Gasteiger partial charge in [0.25, 0.3) is 0 Å². The summed E-state index contributed by atoms with van der Waals surface area (Å²) in [6, 6.07) is 17.1. The first kappa shape index (κ1) is 38.3. The van der Waals surface area contributed by atoms with E-state index in [4.69, 9.17) is 4.42 Å². The molecule has 0 N–H and O–H groups in total. The molecule has 0 spiro atoms. The highest BCUT2D eigenvalue weighted by molar-refractivity contribution is 6.33. The van der Waals surface area contributed by atoms with Gasteiger partial charge in [-0.25, -0.2) is 0 Å². The van der Waals surface area contributed by atoms with E-state index in [0.29, 0.717) is 23.4 Å². The van der Waals surface area contributed by atoms with Gasteiger partial charge in [-0.2, -0.15) is 0 Å². The number of nitrogens with zero attached hydrogens (tertiary/aromatic N) is 1. The number of hydrogen-bond donors (Lipinski definition) is 0. The molecule has 3 saturated carbocycles. The molecule has 0 atom stereocenters. The molecule has 0 radical (unpaired) electrons. The number of Topliss-reactive ketones (excluding diaryl/α,β-unsaturated/α-hetero) is 2. The molecule has 16 rings (SSSR count). The highest BCUT2D eigenvalue weighted by atomic mass is 16.3. The summed E-state index contributed by atoms with van der Waals surface area (Å²) in [4.78, 5) is 30.7. The third-order valence-electron chi connectivity index (χ3n) is 21.1. The van der Waals surface area contributed by atoms with Gasteiger partial charge in [-0.3, -0.25) is 9.59 Å². The molecule has 0 aliphatic heterocycles. The summed E-state index contributed by atoms with van der Waals surface area (Å²) in [6.45, 7) is 23.7. The standard InChI is InChI=1S/C58H65NO3/c1-30(2)55-15-19-57(20-16-55,32(5)6)51(60)38-27-45-34(24-41(38)55)36-23-37-35-25-43-44(54(10)13-11-53(43,9)12-14-54)29-47(35)62-50(37)48-40-26-42-39(28-46(40)59(45)49(36)48)52(61)58(33(7)8)21-17-56(42,18-22-58)31(3)4/h23-33H,11-22H2,1-10H3. The Kier molecular flexibility index (Phi) is 7.13. The first-order chi connectivity index (χ1) is 29.4. The van der Waals surface area contributed by atoms with Crippen molar-refractivity contribution in [3.05, 3.63) is 75.8 Å². The van der Waals surface area contributed by atoms with Crippen LogP contribution in [-0.4, -0.2) is 16.0 Å². The lowest BCUT2D eigenvalue weighted by Crippen LogP contribution is -2.44. The molecule has 3 aromatic heterocycles. The van der Waals surface area contributed by atoms with Crippen molar-refractivity contribution in [2.45, 2.75) is 168 Å². The smallest absolute Gasteiger partial charge is 0.169 e. The zero-order valence-corrected chi connectivity index (χ0v) is 39.0. The van der Waals surface area contributed by atoms with E-state index in [9.17, 15) is 0 Å². The van der Waals surface area contributed by atoms with Gasteiger partial charge >= 0.3 is 0 Å². The van der Waals surface area contributed by atoms with Gasteiger partial charge < -0.3 is 8.82 Å². The Hall–Kier alpha value is -4.18. The average Bonchev–Trinajstić information content (AvgIpc) is 3.80. The third kappa shape index (κ3) is 4.12. The van der Waals surface area contributed by atoms with Gasteiger partial charge in [0.1, 0.15) is 11.2 Å². The molecular weight excluding hydrogens is 759 g/mol. The van der Waals surface area contributed by atoms with Crippen molar-refractivity contribution in [2.24, 2.45) is 34.5 Å². The van der Waals surface area contributed by atoms with Crippen LogP contribution >= 0.6 is 0 Å². The fourth-order valence-corrected chi connectivity index (χ4v) is 16.3. The molecule has 0 amide bonds. The minimum Gasteiger partial charge on any atom is -0.455 e. The van der Waals surface area contributed by atoms with Gasteiger partial charge in [-0.05, 0) is 187 Å². The van der Waals surface area contributed by atoms with Crippen molar-refractivity contribution >= 4 is 71.6 Å². The Morgan fingerprint density at radius 1 is 0.452 bits per heavy atom. The van der Waals surface area contributed by atoms with Crippen molar-refractivity contribution in [1.29, 1.82) is 0 Å². The topological polar surface area (TPSA) is 51.7 Å². The second-order valence-corrected chi connectivity index (χ2v) is 24.2. The minimum absolute atomic E-state index is 0.0386. The molecule has 0 saturated heterocycles. The van der Waals surface area contributed by atoms with Gasteiger partial charge in [-0.1, -0.05) is 69.2 Å². The van der Waals surface area contributed by atoms with Crippen molar-refractivity contribution in [1.82, 2.24) is 4.40 Å². The predicted octanol–water partition coefficient (Wildman–Crippen LogP) is 15.5.